The van der Waals surface area contributed by atoms with Gasteiger partial charge < -0.3 is 10.2 Å². The van der Waals surface area contributed by atoms with Gasteiger partial charge in [-0.2, -0.15) is 0 Å². The van der Waals surface area contributed by atoms with Crippen LogP contribution in [-0.2, 0) is 9.59 Å². The number of carbonyl (C=O) groups is 2. The molecule has 0 aliphatic rings. The number of hydrogen-bond donors (Lipinski definition) is 2. The van der Waals surface area contributed by atoms with Crippen LogP contribution in [0.15, 0.2) is 0 Å². The van der Waals surface area contributed by atoms with E-state index in [0.717, 1.165) is 0 Å². The molecule has 0 unspecified atom stereocenters. The van der Waals surface area contributed by atoms with Gasteiger partial charge in [-0.1, -0.05) is 0 Å². The van der Waals surface area contributed by atoms with Gasteiger partial charge >= 0.3 is 53.9 Å². The SMILES string of the molecule is O=C(O)C(=O)O.[LiH].[MgH2]. The first-order valence-corrected chi connectivity index (χ1v) is 1.11. The van der Waals surface area contributed by atoms with Gasteiger partial charge in [0, 0.05) is 0 Å². The van der Waals surface area contributed by atoms with Gasteiger partial charge in [0.05, 0.1) is 0 Å². The summed E-state index contributed by atoms with van der Waals surface area (Å²) in [5.41, 5.74) is 0. The Balaban J connectivity index is -0.000000125. The summed E-state index contributed by atoms with van der Waals surface area (Å²) in [7, 11) is 0. The van der Waals surface area contributed by atoms with Crippen LogP contribution >= 0.6 is 0 Å². The zero-order chi connectivity index (χ0) is 5.15. The van der Waals surface area contributed by atoms with Crippen LogP contribution in [0.5, 0.6) is 0 Å². The molecule has 0 fully saturated rings. The fourth-order valence-electron chi connectivity index (χ4n) is 0. The van der Waals surface area contributed by atoms with Crippen LogP contribution < -0.4 is 0 Å². The third-order valence-electron chi connectivity index (χ3n) is 0.183. The molecular weight excluding hydrogens is 119 g/mol. The molecule has 0 aliphatic heterocycles. The molecule has 0 heterocycles. The normalized spacial score (nSPS) is 5.50. The van der Waals surface area contributed by atoms with Gasteiger partial charge in [0.25, 0.3) is 0 Å². The van der Waals surface area contributed by atoms with Gasteiger partial charge in [0.2, 0.25) is 0 Å². The average molecular weight is 124 g/mol. The quantitative estimate of drug-likeness (QED) is 0.279. The fraction of sp³-hybridized carbons (Fsp3) is 0. The monoisotopic (exact) mass is 124 g/mol. The molecule has 0 aromatic carbocycles. The van der Waals surface area contributed by atoms with Crippen LogP contribution in [0.3, 0.4) is 0 Å². The van der Waals surface area contributed by atoms with E-state index in [0.29, 0.717) is 0 Å². The van der Waals surface area contributed by atoms with E-state index in [9.17, 15) is 0 Å². The first-order valence-electron chi connectivity index (χ1n) is 1.11. The van der Waals surface area contributed by atoms with E-state index in [-0.39, 0.29) is 41.9 Å². The average Bonchev–Trinajstić information content (AvgIpc) is 1.36. The minimum Gasteiger partial charge on any atom is 0.316 e. The maximum atomic E-state index is 9.10. The molecule has 40 valence electrons. The Morgan fingerprint density at radius 1 is 1.00 bits per heavy atom. The molecule has 0 amide bonds. The van der Waals surface area contributed by atoms with E-state index in [4.69, 9.17) is 19.8 Å². The second-order valence-corrected chi connectivity index (χ2v) is 0.610. The van der Waals surface area contributed by atoms with Crippen molar-refractivity contribution in [2.45, 2.75) is 0 Å². The summed E-state index contributed by atoms with van der Waals surface area (Å²) in [5, 5.41) is 14.8. The molecule has 0 aromatic heterocycles. The van der Waals surface area contributed by atoms with Gasteiger partial charge in [-0.25, -0.2) is 9.59 Å². The summed E-state index contributed by atoms with van der Waals surface area (Å²) < 4.78 is 0. The standard InChI is InChI=1S/C2H2O4.Li.Mg.3H/c3-1(4)2(5)6;;;;;/h(H,3,4)(H,5,6);;;;;. The summed E-state index contributed by atoms with van der Waals surface area (Å²) in [6.45, 7) is 0. The van der Waals surface area contributed by atoms with Crippen LogP contribution in [0, 0.1) is 0 Å². The van der Waals surface area contributed by atoms with Crippen molar-refractivity contribution in [2.24, 2.45) is 0 Å². The summed E-state index contributed by atoms with van der Waals surface area (Å²) in [6.07, 6.45) is 0. The summed E-state index contributed by atoms with van der Waals surface area (Å²) in [6, 6.07) is 0. The largest absolute Gasteiger partial charge is 0.316 e. The van der Waals surface area contributed by atoms with Crippen molar-refractivity contribution in [3.63, 3.8) is 0 Å². The van der Waals surface area contributed by atoms with Crippen molar-refractivity contribution in [2.75, 3.05) is 0 Å². The summed E-state index contributed by atoms with van der Waals surface area (Å²) in [4.78, 5) is 18.2. The molecule has 0 spiro atoms. The van der Waals surface area contributed by atoms with E-state index >= 15 is 0 Å². The molecular formula is C2H5LiMgO4. The third-order valence-corrected chi connectivity index (χ3v) is 0.183. The van der Waals surface area contributed by atoms with Crippen molar-refractivity contribution in [1.29, 1.82) is 0 Å². The number of carboxylic acids is 2. The predicted molar refractivity (Wildman–Crippen MR) is 31.0 cm³/mol. The molecule has 0 rings (SSSR count). The minimum atomic E-state index is -1.82. The van der Waals surface area contributed by atoms with E-state index in [1.54, 1.807) is 0 Å². The Hall–Kier alpha value is 0.304. The molecule has 0 aromatic rings. The molecule has 0 bridgehead atoms. The smallest absolute Gasteiger partial charge is 0.316 e. The first kappa shape index (κ1) is 15.7. The van der Waals surface area contributed by atoms with Gasteiger partial charge in [-0.05, 0) is 0 Å². The molecule has 0 atom stereocenters. The summed E-state index contributed by atoms with van der Waals surface area (Å²) in [5.74, 6) is -3.65. The third kappa shape index (κ3) is 9.57. The van der Waals surface area contributed by atoms with Crippen molar-refractivity contribution in [3.8, 4) is 0 Å². The Labute approximate surface area is 73.6 Å². The van der Waals surface area contributed by atoms with Crippen molar-refractivity contribution < 1.29 is 19.8 Å². The Morgan fingerprint density at radius 2 is 1.12 bits per heavy atom. The molecule has 0 saturated carbocycles. The topological polar surface area (TPSA) is 74.6 Å². The van der Waals surface area contributed by atoms with Crippen molar-refractivity contribution in [3.05, 3.63) is 0 Å². The number of aliphatic carboxylic acids is 2. The Morgan fingerprint density at radius 3 is 1.12 bits per heavy atom. The van der Waals surface area contributed by atoms with Crippen molar-refractivity contribution >= 4 is 53.9 Å². The summed E-state index contributed by atoms with van der Waals surface area (Å²) >= 11 is 0. The zero-order valence-electron chi connectivity index (χ0n) is 2.71. The fourth-order valence-corrected chi connectivity index (χ4v) is 0. The van der Waals surface area contributed by atoms with E-state index in [2.05, 4.69) is 0 Å². The minimum absolute atomic E-state index is 0. The number of carboxylic acid groups (broad SMARTS) is 2. The molecule has 8 heavy (non-hydrogen) atoms. The van der Waals surface area contributed by atoms with E-state index < -0.39 is 11.9 Å². The maximum absolute atomic E-state index is 9.10. The van der Waals surface area contributed by atoms with Gasteiger partial charge in [-0.3, -0.25) is 0 Å². The second-order valence-electron chi connectivity index (χ2n) is 0.610. The predicted octanol–water partition coefficient (Wildman–Crippen LogP) is -2.41. The van der Waals surface area contributed by atoms with Crippen LogP contribution in [0.1, 0.15) is 0 Å². The van der Waals surface area contributed by atoms with Gasteiger partial charge in [0.15, 0.2) is 0 Å². The van der Waals surface area contributed by atoms with Gasteiger partial charge in [-0.15, -0.1) is 0 Å². The molecule has 2 N–H and O–H groups in total. The van der Waals surface area contributed by atoms with Gasteiger partial charge in [0.1, 0.15) is 0 Å². The number of hydrogen-bond acceptors (Lipinski definition) is 2. The van der Waals surface area contributed by atoms with Crippen LogP contribution in [0.25, 0.3) is 0 Å². The zero-order valence-corrected chi connectivity index (χ0v) is 2.71. The molecule has 4 nitrogen and oxygen atoms in total. The second kappa shape index (κ2) is 7.30. The van der Waals surface area contributed by atoms with E-state index in [1.807, 2.05) is 0 Å². The molecule has 0 saturated heterocycles. The first-order chi connectivity index (χ1) is 2.64. The maximum Gasteiger partial charge on any atom is 0.316 e. The number of rotatable bonds is 0. The molecule has 0 aliphatic carbocycles. The van der Waals surface area contributed by atoms with Crippen LogP contribution in [0.2, 0.25) is 0 Å². The van der Waals surface area contributed by atoms with Crippen LogP contribution in [0.4, 0.5) is 0 Å². The van der Waals surface area contributed by atoms with Crippen LogP contribution in [-0.4, -0.2) is 64.1 Å². The Bertz CT molecular complexity index is 80.0. The molecule has 6 heteroatoms. The van der Waals surface area contributed by atoms with E-state index in [1.165, 1.54) is 0 Å². The molecule has 0 radical (unpaired) electrons. The Kier molecular flexibility index (Phi) is 14.4. The van der Waals surface area contributed by atoms with Crippen molar-refractivity contribution in [1.82, 2.24) is 0 Å².